The van der Waals surface area contributed by atoms with Crippen molar-refractivity contribution in [2.24, 2.45) is 0 Å². The maximum atomic E-state index is 2.44. The van der Waals surface area contributed by atoms with E-state index in [1.807, 2.05) is 0 Å². The molecule has 3 heteroatoms. The van der Waals surface area contributed by atoms with Crippen LogP contribution < -0.4 is 9.80 Å². The number of anilines is 6. The summed E-state index contributed by atoms with van der Waals surface area (Å²) in [5.41, 5.74) is 20.1. The average molecular weight is 866 g/mol. The molecular formula is C65H43N3. The number of para-hydroxylation sites is 4. The second-order valence-corrected chi connectivity index (χ2v) is 18.0. The van der Waals surface area contributed by atoms with Crippen LogP contribution >= 0.6 is 0 Å². The molecule has 0 radical (unpaired) electrons. The number of nitrogens with zero attached hydrogens (tertiary/aromatic N) is 3. The van der Waals surface area contributed by atoms with E-state index in [2.05, 4.69) is 275 Å². The van der Waals surface area contributed by atoms with Gasteiger partial charge in [-0.05, 0) is 135 Å². The fourth-order valence-corrected chi connectivity index (χ4v) is 11.8. The van der Waals surface area contributed by atoms with Crippen LogP contribution in [-0.2, 0) is 5.41 Å². The number of hydrogen-bond acceptors (Lipinski definition) is 2. The van der Waals surface area contributed by atoms with Crippen molar-refractivity contribution in [1.29, 1.82) is 0 Å². The third kappa shape index (κ3) is 5.54. The molecule has 2 aliphatic carbocycles. The highest BCUT2D eigenvalue weighted by Gasteiger charge is 2.52. The number of benzene rings is 11. The molecule has 1 spiro atoms. The molecular weight excluding hydrogens is 823 g/mol. The molecule has 318 valence electrons. The molecule has 0 fully saturated rings. The van der Waals surface area contributed by atoms with Crippen LogP contribution in [0.15, 0.2) is 261 Å². The van der Waals surface area contributed by atoms with Crippen molar-refractivity contribution in [2.45, 2.75) is 5.41 Å². The van der Waals surface area contributed by atoms with Crippen molar-refractivity contribution < 1.29 is 0 Å². The van der Waals surface area contributed by atoms with Crippen molar-refractivity contribution in [3.8, 4) is 27.9 Å². The first kappa shape index (κ1) is 38.4. The van der Waals surface area contributed by atoms with E-state index in [1.165, 1.54) is 77.1 Å². The Balaban J connectivity index is 0.967. The third-order valence-corrected chi connectivity index (χ3v) is 14.5. The van der Waals surface area contributed by atoms with Crippen LogP contribution in [0, 0.1) is 0 Å². The Labute approximate surface area is 395 Å². The Morgan fingerprint density at radius 2 is 0.750 bits per heavy atom. The quantitative estimate of drug-likeness (QED) is 0.158. The van der Waals surface area contributed by atoms with E-state index in [0.29, 0.717) is 0 Å². The summed E-state index contributed by atoms with van der Waals surface area (Å²) in [6.45, 7) is 0. The Hall–Kier alpha value is -8.92. The van der Waals surface area contributed by atoms with E-state index in [9.17, 15) is 0 Å². The average Bonchev–Trinajstić information content (AvgIpc) is 4.01. The molecule has 0 aliphatic heterocycles. The molecule has 11 aromatic carbocycles. The second-order valence-electron chi connectivity index (χ2n) is 18.0. The number of rotatable bonds is 7. The fraction of sp³-hybridized carbons (Fsp3) is 0.0154. The van der Waals surface area contributed by atoms with Crippen LogP contribution in [0.4, 0.5) is 34.1 Å². The molecule has 3 nitrogen and oxygen atoms in total. The third-order valence-electron chi connectivity index (χ3n) is 14.5. The van der Waals surface area contributed by atoms with E-state index >= 15 is 0 Å². The van der Waals surface area contributed by atoms with Gasteiger partial charge in [0.25, 0.3) is 0 Å². The molecule has 12 aromatic rings. The lowest BCUT2D eigenvalue weighted by Crippen LogP contribution is -2.26. The van der Waals surface area contributed by atoms with E-state index in [4.69, 9.17) is 0 Å². The molecule has 68 heavy (non-hydrogen) atoms. The minimum absolute atomic E-state index is 0.501. The zero-order valence-corrected chi connectivity index (χ0v) is 37.2. The predicted octanol–water partition coefficient (Wildman–Crippen LogP) is 17.2. The van der Waals surface area contributed by atoms with Gasteiger partial charge in [0, 0.05) is 50.3 Å². The summed E-state index contributed by atoms with van der Waals surface area (Å²) in [6, 6.07) is 96.0. The molecule has 0 bridgehead atoms. The standard InChI is InChI=1S/C65H43N3/c1-4-21-45(22-5-1)66(50-35-38-55-54-30-14-17-33-63(54)68(64(55)43-50)47-25-8-3-9-26-47)48-36-39-60-56(41-48)52-28-12-15-31-58(52)65(60)59-32-16-13-29-53(59)57-42-49(37-40-61(57)65)67(46-23-6-2-7-24-46)62-34-18-20-44-19-10-11-27-51(44)62/h1-43H. The van der Waals surface area contributed by atoms with Gasteiger partial charge < -0.3 is 14.4 Å². The first-order chi connectivity index (χ1) is 33.8. The van der Waals surface area contributed by atoms with Gasteiger partial charge in [0.05, 0.1) is 22.1 Å². The molecule has 0 amide bonds. The molecule has 1 atom stereocenters. The SMILES string of the molecule is c1ccc(N(c2ccc3c(c2)-c2ccccc2C32c3ccccc3-c3cc(N(c4ccccc4)c4cccc5ccccc45)ccc32)c2ccc3c4ccccc4n(-c4ccccc4)c3c2)cc1. The lowest BCUT2D eigenvalue weighted by Gasteiger charge is -2.32. The summed E-state index contributed by atoms with van der Waals surface area (Å²) in [5.74, 6) is 0. The van der Waals surface area contributed by atoms with Crippen molar-refractivity contribution >= 4 is 66.7 Å². The van der Waals surface area contributed by atoms with Crippen molar-refractivity contribution in [2.75, 3.05) is 9.80 Å². The van der Waals surface area contributed by atoms with Gasteiger partial charge in [-0.25, -0.2) is 0 Å². The molecule has 1 unspecified atom stereocenters. The van der Waals surface area contributed by atoms with Crippen LogP contribution in [0.2, 0.25) is 0 Å². The highest BCUT2D eigenvalue weighted by molar-refractivity contribution is 6.10. The molecule has 0 saturated carbocycles. The molecule has 0 N–H and O–H groups in total. The van der Waals surface area contributed by atoms with E-state index in [0.717, 1.165) is 39.8 Å². The van der Waals surface area contributed by atoms with Crippen molar-refractivity contribution in [3.05, 3.63) is 283 Å². The first-order valence-corrected chi connectivity index (χ1v) is 23.5. The van der Waals surface area contributed by atoms with Gasteiger partial charge >= 0.3 is 0 Å². The maximum Gasteiger partial charge on any atom is 0.0725 e. The van der Waals surface area contributed by atoms with Gasteiger partial charge in [-0.2, -0.15) is 0 Å². The number of fused-ring (bicyclic) bond motifs is 14. The maximum absolute atomic E-state index is 2.44. The lowest BCUT2D eigenvalue weighted by atomic mass is 9.70. The largest absolute Gasteiger partial charge is 0.310 e. The minimum atomic E-state index is -0.501. The molecule has 1 heterocycles. The molecule has 0 saturated heterocycles. The smallest absolute Gasteiger partial charge is 0.0725 e. The van der Waals surface area contributed by atoms with E-state index < -0.39 is 5.41 Å². The van der Waals surface area contributed by atoms with Crippen LogP contribution in [-0.4, -0.2) is 4.57 Å². The van der Waals surface area contributed by atoms with Gasteiger partial charge in [0.2, 0.25) is 0 Å². The normalized spacial score (nSPS) is 14.2. The summed E-state index contributed by atoms with van der Waals surface area (Å²) >= 11 is 0. The zero-order valence-electron chi connectivity index (χ0n) is 37.2. The first-order valence-electron chi connectivity index (χ1n) is 23.5. The zero-order chi connectivity index (χ0) is 44.8. The van der Waals surface area contributed by atoms with Gasteiger partial charge in [0.15, 0.2) is 0 Å². The Bertz CT molecular complexity index is 3920. The Morgan fingerprint density at radius 1 is 0.279 bits per heavy atom. The van der Waals surface area contributed by atoms with E-state index in [1.54, 1.807) is 0 Å². The highest BCUT2D eigenvalue weighted by atomic mass is 15.2. The number of hydrogen-bond donors (Lipinski definition) is 0. The number of aromatic nitrogens is 1. The summed E-state index contributed by atoms with van der Waals surface area (Å²) in [4.78, 5) is 4.85. The van der Waals surface area contributed by atoms with Gasteiger partial charge in [-0.1, -0.05) is 176 Å². The van der Waals surface area contributed by atoms with E-state index in [-0.39, 0.29) is 0 Å². The van der Waals surface area contributed by atoms with Gasteiger partial charge in [-0.15, -0.1) is 0 Å². The monoisotopic (exact) mass is 865 g/mol. The summed E-state index contributed by atoms with van der Waals surface area (Å²) in [6.07, 6.45) is 0. The fourth-order valence-electron chi connectivity index (χ4n) is 11.8. The molecule has 14 rings (SSSR count). The minimum Gasteiger partial charge on any atom is -0.310 e. The Kier molecular flexibility index (Phi) is 8.50. The van der Waals surface area contributed by atoms with Crippen molar-refractivity contribution in [1.82, 2.24) is 4.57 Å². The topological polar surface area (TPSA) is 11.4 Å². The van der Waals surface area contributed by atoms with Gasteiger partial charge in [0.1, 0.15) is 0 Å². The van der Waals surface area contributed by atoms with Crippen LogP contribution in [0.1, 0.15) is 22.3 Å². The van der Waals surface area contributed by atoms with Crippen molar-refractivity contribution in [3.63, 3.8) is 0 Å². The van der Waals surface area contributed by atoms with Gasteiger partial charge in [-0.3, -0.25) is 0 Å². The summed E-state index contributed by atoms with van der Waals surface area (Å²) in [5, 5.41) is 4.91. The second kappa shape index (κ2) is 15.1. The molecule has 2 aliphatic rings. The summed E-state index contributed by atoms with van der Waals surface area (Å²) < 4.78 is 2.40. The predicted molar refractivity (Wildman–Crippen MR) is 284 cm³/mol. The van der Waals surface area contributed by atoms with Crippen LogP contribution in [0.5, 0.6) is 0 Å². The molecule has 1 aromatic heterocycles. The van der Waals surface area contributed by atoms with Crippen LogP contribution in [0.3, 0.4) is 0 Å². The Morgan fingerprint density at radius 3 is 1.43 bits per heavy atom. The highest BCUT2D eigenvalue weighted by Crippen LogP contribution is 2.64. The van der Waals surface area contributed by atoms with Crippen LogP contribution in [0.25, 0.3) is 60.5 Å². The lowest BCUT2D eigenvalue weighted by molar-refractivity contribution is 0.794. The summed E-state index contributed by atoms with van der Waals surface area (Å²) in [7, 11) is 0.